The molecule has 0 rings (SSSR count). The van der Waals surface area contributed by atoms with Crippen LogP contribution in [0.15, 0.2) is 85.1 Å². The Morgan fingerprint density at radius 1 is 0.273 bits per heavy atom. The Morgan fingerprint density at radius 2 is 0.532 bits per heavy atom. The summed E-state index contributed by atoms with van der Waals surface area (Å²) >= 11 is 0. The number of esters is 3. The van der Waals surface area contributed by atoms with Gasteiger partial charge in [-0.2, -0.15) is 0 Å². The molecule has 0 aliphatic rings. The summed E-state index contributed by atoms with van der Waals surface area (Å²) in [6.45, 7) is 6.47. The number of unbranched alkanes of at least 4 members (excludes halogenated alkanes) is 35. The molecule has 0 aromatic heterocycles. The first-order chi connectivity index (χ1) is 38.0. The Labute approximate surface area is 477 Å². The summed E-state index contributed by atoms with van der Waals surface area (Å²) in [5.74, 6) is -0.895. The minimum atomic E-state index is -0.788. The molecule has 0 aromatic carbocycles. The second-order valence-corrected chi connectivity index (χ2v) is 22.0. The van der Waals surface area contributed by atoms with E-state index >= 15 is 0 Å². The number of ether oxygens (including phenoxy) is 3. The van der Waals surface area contributed by atoms with Gasteiger partial charge in [0.25, 0.3) is 0 Å². The van der Waals surface area contributed by atoms with Crippen LogP contribution in [0.25, 0.3) is 0 Å². The van der Waals surface area contributed by atoms with Crippen LogP contribution < -0.4 is 0 Å². The molecule has 0 radical (unpaired) electrons. The average molecular weight is 1070 g/mol. The Bertz CT molecular complexity index is 1470. The van der Waals surface area contributed by atoms with Gasteiger partial charge in [-0.15, -0.1) is 0 Å². The third-order valence-corrected chi connectivity index (χ3v) is 14.3. The zero-order valence-electron chi connectivity index (χ0n) is 51.0. The van der Waals surface area contributed by atoms with Crippen LogP contribution in [0.4, 0.5) is 0 Å². The molecule has 0 amide bonds. The summed E-state index contributed by atoms with van der Waals surface area (Å²) in [7, 11) is 0. The minimum Gasteiger partial charge on any atom is -0.462 e. The highest BCUT2D eigenvalue weighted by Gasteiger charge is 2.19. The molecule has 1 unspecified atom stereocenters. The number of rotatable bonds is 60. The van der Waals surface area contributed by atoms with Crippen molar-refractivity contribution in [2.45, 2.75) is 335 Å². The van der Waals surface area contributed by atoms with Crippen molar-refractivity contribution in [3.05, 3.63) is 85.1 Å². The van der Waals surface area contributed by atoms with Gasteiger partial charge in [0.15, 0.2) is 6.10 Å². The molecule has 6 heteroatoms. The second-order valence-electron chi connectivity index (χ2n) is 22.0. The Morgan fingerprint density at radius 3 is 0.844 bits per heavy atom. The Balaban J connectivity index is 4.22. The fourth-order valence-electron chi connectivity index (χ4n) is 9.41. The standard InChI is InChI=1S/C71H124O6/c1-4-7-10-13-16-19-22-25-27-29-30-31-32-33-34-35-36-37-38-39-40-42-43-46-49-52-55-58-61-64-70(73)76-67-68(66-75-69(72)63-60-57-54-51-48-45-24-21-18-15-12-9-6-3)77-71(74)65-62-59-56-53-50-47-44-41-28-26-23-20-17-14-11-8-5-2/h8,11-12,15,17,20-22,24-26,28-30,68H,4-7,9-10,13-14,16,18-19,23,27,31-67H2,1-3H3/b11-8-,15-12-,20-17-,24-21-,25-22-,28-26-,30-29-. The van der Waals surface area contributed by atoms with E-state index in [9.17, 15) is 14.4 Å². The van der Waals surface area contributed by atoms with Crippen molar-refractivity contribution < 1.29 is 28.6 Å². The van der Waals surface area contributed by atoms with Gasteiger partial charge < -0.3 is 14.2 Å². The number of carbonyl (C=O) groups excluding carboxylic acids is 3. The van der Waals surface area contributed by atoms with Crippen molar-refractivity contribution in [1.82, 2.24) is 0 Å². The SMILES string of the molecule is CC/C=C\C/C=C\C/C=C\CCCCCCCCCC(=O)OC(COC(=O)CCCCCCC/C=C\C/C=C\CCC)COC(=O)CCCCCCCCCCCCCCCCCCC/C=C\C/C=C\CCCCCCC. The molecular weight excluding hydrogens is 949 g/mol. The molecule has 0 saturated carbocycles. The molecular formula is C71H124O6. The zero-order valence-corrected chi connectivity index (χ0v) is 51.0. The molecule has 0 aliphatic heterocycles. The highest BCUT2D eigenvalue weighted by atomic mass is 16.6. The lowest BCUT2D eigenvalue weighted by Gasteiger charge is -2.18. The van der Waals surface area contributed by atoms with Crippen molar-refractivity contribution in [2.24, 2.45) is 0 Å². The minimum absolute atomic E-state index is 0.0832. The lowest BCUT2D eigenvalue weighted by Crippen LogP contribution is -2.30. The summed E-state index contributed by atoms with van der Waals surface area (Å²) in [6, 6.07) is 0. The lowest BCUT2D eigenvalue weighted by molar-refractivity contribution is -0.167. The highest BCUT2D eigenvalue weighted by Crippen LogP contribution is 2.17. The molecule has 0 spiro atoms. The summed E-state index contributed by atoms with van der Waals surface area (Å²) in [4.78, 5) is 38.3. The van der Waals surface area contributed by atoms with E-state index in [1.807, 2.05) is 0 Å². The van der Waals surface area contributed by atoms with Gasteiger partial charge in [-0.05, 0) is 109 Å². The Kier molecular flexibility index (Phi) is 62.2. The normalized spacial score (nSPS) is 12.6. The molecule has 0 heterocycles. The van der Waals surface area contributed by atoms with E-state index < -0.39 is 6.10 Å². The Hall–Kier alpha value is -3.41. The van der Waals surface area contributed by atoms with Crippen LogP contribution in [0.5, 0.6) is 0 Å². The predicted octanol–water partition coefficient (Wildman–Crippen LogP) is 22.7. The van der Waals surface area contributed by atoms with E-state index in [0.29, 0.717) is 19.3 Å². The molecule has 0 aliphatic carbocycles. The van der Waals surface area contributed by atoms with Gasteiger partial charge in [-0.3, -0.25) is 14.4 Å². The van der Waals surface area contributed by atoms with E-state index in [4.69, 9.17) is 14.2 Å². The number of allylic oxidation sites excluding steroid dienone is 14. The molecule has 0 N–H and O–H groups in total. The fourth-order valence-corrected chi connectivity index (χ4v) is 9.41. The van der Waals surface area contributed by atoms with Gasteiger partial charge >= 0.3 is 17.9 Å². The average Bonchev–Trinajstić information content (AvgIpc) is 3.43. The molecule has 444 valence electrons. The maximum atomic E-state index is 12.9. The maximum Gasteiger partial charge on any atom is 0.306 e. The van der Waals surface area contributed by atoms with Crippen molar-refractivity contribution in [3.63, 3.8) is 0 Å². The highest BCUT2D eigenvalue weighted by molar-refractivity contribution is 5.71. The molecule has 1 atom stereocenters. The molecule has 6 nitrogen and oxygen atoms in total. The summed E-state index contributed by atoms with van der Waals surface area (Å²) in [6.07, 6.45) is 86.1. The molecule has 77 heavy (non-hydrogen) atoms. The predicted molar refractivity (Wildman–Crippen MR) is 334 cm³/mol. The van der Waals surface area contributed by atoms with E-state index in [0.717, 1.165) is 122 Å². The van der Waals surface area contributed by atoms with Gasteiger partial charge in [0.05, 0.1) is 0 Å². The smallest absolute Gasteiger partial charge is 0.306 e. The first kappa shape index (κ1) is 73.6. The van der Waals surface area contributed by atoms with Crippen LogP contribution in [0.3, 0.4) is 0 Å². The van der Waals surface area contributed by atoms with Gasteiger partial charge in [0.1, 0.15) is 13.2 Å². The molecule has 0 saturated heterocycles. The van der Waals surface area contributed by atoms with Crippen molar-refractivity contribution >= 4 is 17.9 Å². The quantitative estimate of drug-likeness (QED) is 0.0261. The van der Waals surface area contributed by atoms with E-state index in [1.165, 1.54) is 167 Å². The molecule has 0 bridgehead atoms. The van der Waals surface area contributed by atoms with Gasteiger partial charge in [-0.25, -0.2) is 0 Å². The maximum absolute atomic E-state index is 12.9. The number of carbonyl (C=O) groups is 3. The van der Waals surface area contributed by atoms with Crippen LogP contribution in [0.1, 0.15) is 329 Å². The van der Waals surface area contributed by atoms with Crippen LogP contribution in [-0.4, -0.2) is 37.2 Å². The summed E-state index contributed by atoms with van der Waals surface area (Å²) in [5.41, 5.74) is 0. The first-order valence-electron chi connectivity index (χ1n) is 33.1. The van der Waals surface area contributed by atoms with Gasteiger partial charge in [0, 0.05) is 19.3 Å². The van der Waals surface area contributed by atoms with Gasteiger partial charge in [0.2, 0.25) is 0 Å². The van der Waals surface area contributed by atoms with Crippen molar-refractivity contribution in [2.75, 3.05) is 13.2 Å². The number of hydrogen-bond acceptors (Lipinski definition) is 6. The topological polar surface area (TPSA) is 78.9 Å². The van der Waals surface area contributed by atoms with E-state index in [1.54, 1.807) is 0 Å². The molecule has 0 aromatic rings. The third kappa shape index (κ3) is 63.3. The largest absolute Gasteiger partial charge is 0.462 e. The third-order valence-electron chi connectivity index (χ3n) is 14.3. The van der Waals surface area contributed by atoms with Crippen LogP contribution >= 0.6 is 0 Å². The lowest BCUT2D eigenvalue weighted by atomic mass is 10.0. The first-order valence-corrected chi connectivity index (χ1v) is 33.1. The van der Waals surface area contributed by atoms with Crippen LogP contribution in [0, 0.1) is 0 Å². The monoisotopic (exact) mass is 1070 g/mol. The van der Waals surface area contributed by atoms with E-state index in [-0.39, 0.29) is 31.1 Å². The summed E-state index contributed by atoms with van der Waals surface area (Å²) in [5, 5.41) is 0. The number of hydrogen-bond donors (Lipinski definition) is 0. The van der Waals surface area contributed by atoms with Gasteiger partial charge in [-0.1, -0.05) is 286 Å². The zero-order chi connectivity index (χ0) is 55.7. The van der Waals surface area contributed by atoms with Crippen LogP contribution in [-0.2, 0) is 28.6 Å². The van der Waals surface area contributed by atoms with Crippen molar-refractivity contribution in [3.8, 4) is 0 Å². The van der Waals surface area contributed by atoms with Crippen LogP contribution in [0.2, 0.25) is 0 Å². The second kappa shape index (κ2) is 65.1. The fraction of sp³-hybridized carbons (Fsp3) is 0.761. The van der Waals surface area contributed by atoms with E-state index in [2.05, 4.69) is 106 Å². The molecule has 0 fully saturated rings. The summed E-state index contributed by atoms with van der Waals surface area (Å²) < 4.78 is 16.9. The van der Waals surface area contributed by atoms with Crippen molar-refractivity contribution in [1.29, 1.82) is 0 Å².